The van der Waals surface area contributed by atoms with Crippen LogP contribution in [0.1, 0.15) is 36.7 Å². The maximum atomic E-state index is 12.0. The zero-order valence-electron chi connectivity index (χ0n) is 12.6. The summed E-state index contributed by atoms with van der Waals surface area (Å²) in [6.45, 7) is 5.26. The highest BCUT2D eigenvalue weighted by Gasteiger charge is 2.27. The molecule has 6 nitrogen and oxygen atoms in total. The summed E-state index contributed by atoms with van der Waals surface area (Å²) in [4.78, 5) is 16.2. The minimum Gasteiger partial charge on any atom is -0.340 e. The largest absolute Gasteiger partial charge is 0.340 e. The van der Waals surface area contributed by atoms with Crippen LogP contribution in [0.25, 0.3) is 6.08 Å². The second-order valence-corrected chi connectivity index (χ2v) is 5.28. The Bertz CT molecular complexity index is 754. The van der Waals surface area contributed by atoms with E-state index in [9.17, 15) is 4.79 Å². The van der Waals surface area contributed by atoms with Gasteiger partial charge < -0.3 is 9.84 Å². The van der Waals surface area contributed by atoms with Crippen LogP contribution in [0.2, 0.25) is 0 Å². The molecule has 1 amide bonds. The number of carbonyl (C=O) groups excluding carboxylic acids is 1. The third-order valence-corrected chi connectivity index (χ3v) is 3.02. The summed E-state index contributed by atoms with van der Waals surface area (Å²) in [5, 5.41) is 15.6. The van der Waals surface area contributed by atoms with Crippen molar-refractivity contribution in [3.05, 3.63) is 53.2 Å². The van der Waals surface area contributed by atoms with Crippen LogP contribution in [0.3, 0.4) is 0 Å². The molecular weight excluding hydrogens is 280 g/mol. The van der Waals surface area contributed by atoms with Gasteiger partial charge in [0.15, 0.2) is 5.82 Å². The van der Waals surface area contributed by atoms with Crippen LogP contribution in [0.5, 0.6) is 0 Å². The van der Waals surface area contributed by atoms with Gasteiger partial charge in [-0.15, -0.1) is 0 Å². The van der Waals surface area contributed by atoms with E-state index in [1.807, 2.05) is 6.07 Å². The fraction of sp³-hybridized carbons (Fsp3) is 0.250. The Balaban J connectivity index is 2.10. The molecule has 2 rings (SSSR count). The fourth-order valence-electron chi connectivity index (χ4n) is 1.87. The number of nitrogens with one attached hydrogen (secondary N) is 1. The van der Waals surface area contributed by atoms with Crippen molar-refractivity contribution in [1.29, 1.82) is 5.26 Å². The molecule has 0 unspecified atom stereocenters. The molecule has 0 bridgehead atoms. The summed E-state index contributed by atoms with van der Waals surface area (Å²) in [5.74, 6) is 0.542. The van der Waals surface area contributed by atoms with E-state index in [1.54, 1.807) is 45.0 Å². The van der Waals surface area contributed by atoms with Gasteiger partial charge in [-0.25, -0.2) is 0 Å². The van der Waals surface area contributed by atoms with Crippen molar-refractivity contribution < 1.29 is 9.32 Å². The summed E-state index contributed by atoms with van der Waals surface area (Å²) in [6.07, 6.45) is 2.98. The predicted octanol–water partition coefficient (Wildman–Crippen LogP) is 2.31. The van der Waals surface area contributed by atoms with Gasteiger partial charge in [0, 0.05) is 13.0 Å². The Hall–Kier alpha value is -2.94. The smallest absolute Gasteiger partial charge is 0.244 e. The van der Waals surface area contributed by atoms with E-state index < -0.39 is 5.54 Å². The van der Waals surface area contributed by atoms with Gasteiger partial charge in [0.2, 0.25) is 11.8 Å². The third kappa shape index (κ3) is 3.58. The van der Waals surface area contributed by atoms with Gasteiger partial charge >= 0.3 is 0 Å². The molecule has 0 saturated heterocycles. The number of nitrogens with zero attached hydrogens (tertiary/aromatic N) is 3. The maximum absolute atomic E-state index is 12.0. The Morgan fingerprint density at radius 1 is 1.41 bits per heavy atom. The molecule has 0 atom stereocenters. The Kier molecular flexibility index (Phi) is 4.37. The van der Waals surface area contributed by atoms with Crippen molar-refractivity contribution in [3.63, 3.8) is 0 Å². The normalized spacial score (nSPS) is 11.4. The standard InChI is InChI=1S/C16H16N4O2/c1-11-18-15(20-22-11)16(2,3)19-14(21)9-8-12-6-4-5-7-13(12)10-17/h4-9H,1-3H3,(H,19,21)/b9-8+. The van der Waals surface area contributed by atoms with Crippen LogP contribution in [0, 0.1) is 18.3 Å². The number of rotatable bonds is 4. The molecule has 1 heterocycles. The van der Waals surface area contributed by atoms with Crippen molar-refractivity contribution in [2.24, 2.45) is 0 Å². The molecule has 112 valence electrons. The molecule has 1 aromatic heterocycles. The molecule has 0 aliphatic rings. The van der Waals surface area contributed by atoms with Crippen LogP contribution in [-0.4, -0.2) is 16.0 Å². The lowest BCUT2D eigenvalue weighted by Gasteiger charge is -2.21. The number of aromatic nitrogens is 2. The molecule has 0 saturated carbocycles. The van der Waals surface area contributed by atoms with E-state index in [1.165, 1.54) is 6.08 Å². The minimum absolute atomic E-state index is 0.305. The first kappa shape index (κ1) is 15.4. The molecular formula is C16H16N4O2. The first-order valence-electron chi connectivity index (χ1n) is 6.72. The minimum atomic E-state index is -0.756. The topological polar surface area (TPSA) is 91.8 Å². The summed E-state index contributed by atoms with van der Waals surface area (Å²) in [7, 11) is 0. The average molecular weight is 296 g/mol. The van der Waals surface area contributed by atoms with Gasteiger partial charge in [0.05, 0.1) is 17.2 Å². The first-order valence-corrected chi connectivity index (χ1v) is 6.72. The van der Waals surface area contributed by atoms with E-state index in [0.717, 1.165) is 0 Å². The van der Waals surface area contributed by atoms with E-state index in [2.05, 4.69) is 21.5 Å². The Morgan fingerprint density at radius 3 is 2.77 bits per heavy atom. The molecule has 0 fully saturated rings. The Labute approximate surface area is 128 Å². The molecule has 1 aromatic carbocycles. The molecule has 6 heteroatoms. The molecule has 0 aliphatic carbocycles. The van der Waals surface area contributed by atoms with Crippen molar-refractivity contribution in [1.82, 2.24) is 15.5 Å². The summed E-state index contributed by atoms with van der Waals surface area (Å²) in [6, 6.07) is 9.14. The van der Waals surface area contributed by atoms with E-state index in [-0.39, 0.29) is 5.91 Å². The zero-order chi connectivity index (χ0) is 16.2. The van der Waals surface area contributed by atoms with E-state index in [4.69, 9.17) is 9.78 Å². The number of amides is 1. The summed E-state index contributed by atoms with van der Waals surface area (Å²) in [5.41, 5.74) is 0.446. The van der Waals surface area contributed by atoms with Gasteiger partial charge in [0.1, 0.15) is 0 Å². The molecule has 22 heavy (non-hydrogen) atoms. The highest BCUT2D eigenvalue weighted by Crippen LogP contribution is 2.16. The molecule has 0 radical (unpaired) electrons. The predicted molar refractivity (Wildman–Crippen MR) is 80.4 cm³/mol. The average Bonchev–Trinajstić information content (AvgIpc) is 2.92. The monoisotopic (exact) mass is 296 g/mol. The van der Waals surface area contributed by atoms with Crippen LogP contribution in [0.4, 0.5) is 0 Å². The number of carbonyl (C=O) groups is 1. The number of benzene rings is 1. The number of nitriles is 1. The number of hydrogen-bond donors (Lipinski definition) is 1. The number of aryl methyl sites for hydroxylation is 1. The van der Waals surface area contributed by atoms with Crippen LogP contribution >= 0.6 is 0 Å². The molecule has 0 spiro atoms. The van der Waals surface area contributed by atoms with Gasteiger partial charge in [-0.2, -0.15) is 10.2 Å². The van der Waals surface area contributed by atoms with Crippen LogP contribution in [0.15, 0.2) is 34.9 Å². The van der Waals surface area contributed by atoms with Crippen LogP contribution in [-0.2, 0) is 10.3 Å². The zero-order valence-corrected chi connectivity index (χ0v) is 12.6. The van der Waals surface area contributed by atoms with Crippen molar-refractivity contribution in [2.75, 3.05) is 0 Å². The SMILES string of the molecule is Cc1nc(C(C)(C)NC(=O)/C=C/c2ccccc2C#N)no1. The number of hydrogen-bond acceptors (Lipinski definition) is 5. The summed E-state index contributed by atoms with van der Waals surface area (Å²) >= 11 is 0. The quantitative estimate of drug-likeness (QED) is 0.874. The van der Waals surface area contributed by atoms with Gasteiger partial charge in [0.25, 0.3) is 0 Å². The van der Waals surface area contributed by atoms with E-state index in [0.29, 0.717) is 22.8 Å². The second-order valence-electron chi connectivity index (χ2n) is 5.28. The second kappa shape index (κ2) is 6.22. The lowest BCUT2D eigenvalue weighted by atomic mass is 10.0. The van der Waals surface area contributed by atoms with Gasteiger partial charge in [-0.3, -0.25) is 4.79 Å². The van der Waals surface area contributed by atoms with E-state index >= 15 is 0 Å². The van der Waals surface area contributed by atoms with Gasteiger partial charge in [-0.1, -0.05) is 23.4 Å². The van der Waals surface area contributed by atoms with Crippen molar-refractivity contribution >= 4 is 12.0 Å². The first-order chi connectivity index (χ1) is 10.4. The van der Waals surface area contributed by atoms with Gasteiger partial charge in [-0.05, 0) is 31.6 Å². The summed E-state index contributed by atoms with van der Waals surface area (Å²) < 4.78 is 4.93. The fourth-order valence-corrected chi connectivity index (χ4v) is 1.87. The maximum Gasteiger partial charge on any atom is 0.244 e. The van der Waals surface area contributed by atoms with Crippen molar-refractivity contribution in [3.8, 4) is 6.07 Å². The lowest BCUT2D eigenvalue weighted by molar-refractivity contribution is -0.118. The lowest BCUT2D eigenvalue weighted by Crippen LogP contribution is -2.41. The highest BCUT2D eigenvalue weighted by molar-refractivity contribution is 5.92. The third-order valence-electron chi connectivity index (χ3n) is 3.02. The Morgan fingerprint density at radius 2 is 2.14 bits per heavy atom. The molecule has 2 aromatic rings. The van der Waals surface area contributed by atoms with Crippen LogP contribution < -0.4 is 5.32 Å². The van der Waals surface area contributed by atoms with Crippen molar-refractivity contribution in [2.45, 2.75) is 26.3 Å². The molecule has 0 aliphatic heterocycles. The highest BCUT2D eigenvalue weighted by atomic mass is 16.5. The molecule has 1 N–H and O–H groups in total.